The summed E-state index contributed by atoms with van der Waals surface area (Å²) in [5.74, 6) is 3.53. The van der Waals surface area contributed by atoms with Crippen LogP contribution in [0.2, 0.25) is 0 Å². The Balaban J connectivity index is 2.04. The monoisotopic (exact) mass is 121 g/mol. The molecule has 0 N–H and O–H groups in total. The summed E-state index contributed by atoms with van der Waals surface area (Å²) >= 11 is 0. The summed E-state index contributed by atoms with van der Waals surface area (Å²) < 4.78 is 0. The van der Waals surface area contributed by atoms with E-state index in [9.17, 15) is 0 Å². The average Bonchev–Trinajstić information content (AvgIpc) is 2.24. The summed E-state index contributed by atoms with van der Waals surface area (Å²) in [5.41, 5.74) is 0. The molecule has 0 amide bonds. The van der Waals surface area contributed by atoms with E-state index >= 15 is 0 Å². The molecule has 0 radical (unpaired) electrons. The highest BCUT2D eigenvalue weighted by molar-refractivity contribution is 5.23. The SMILES string of the molecule is C1[C@@H]2C[C@@H]3[C@@H]1[C@H]1CN3[C@H]21. The summed E-state index contributed by atoms with van der Waals surface area (Å²) in [6.45, 7) is 1.48. The third-order valence-electron chi connectivity index (χ3n) is 4.32. The molecule has 6 bridgehead atoms. The van der Waals surface area contributed by atoms with Gasteiger partial charge in [-0.05, 0) is 30.6 Å². The fourth-order valence-corrected chi connectivity index (χ4v) is 4.15. The van der Waals surface area contributed by atoms with Crippen molar-refractivity contribution in [1.29, 1.82) is 0 Å². The van der Waals surface area contributed by atoms with Gasteiger partial charge < -0.3 is 0 Å². The molecule has 1 heteroatoms. The number of hydrogen-bond donors (Lipinski definition) is 0. The van der Waals surface area contributed by atoms with Gasteiger partial charge in [0, 0.05) is 18.6 Å². The minimum absolute atomic E-state index is 1.09. The Kier molecular flexibility index (Phi) is 0.387. The standard InChI is InChI=1S/C8H11N/c1-4-2-7-5(1)6-3-9(7)8(4)6/h4-8H,1-3H2/t4-,5+,6-,7-,8-/m1/s1. The van der Waals surface area contributed by atoms with Crippen LogP contribution in [0.4, 0.5) is 0 Å². The third kappa shape index (κ3) is 0.219. The van der Waals surface area contributed by atoms with E-state index in [0.29, 0.717) is 0 Å². The zero-order valence-corrected chi connectivity index (χ0v) is 5.46. The average molecular weight is 121 g/mol. The lowest BCUT2D eigenvalue weighted by Crippen LogP contribution is -2.46. The molecular weight excluding hydrogens is 110 g/mol. The summed E-state index contributed by atoms with van der Waals surface area (Å²) in [6.07, 6.45) is 3.18. The molecule has 5 aliphatic rings. The molecule has 48 valence electrons. The van der Waals surface area contributed by atoms with Crippen molar-refractivity contribution in [2.75, 3.05) is 6.54 Å². The zero-order valence-electron chi connectivity index (χ0n) is 5.46. The lowest BCUT2D eigenvalue weighted by molar-refractivity contribution is 0.108. The van der Waals surface area contributed by atoms with Crippen molar-refractivity contribution >= 4 is 0 Å². The van der Waals surface area contributed by atoms with Crippen molar-refractivity contribution in [3.63, 3.8) is 0 Å². The molecule has 0 aromatic rings. The molecule has 3 heterocycles. The van der Waals surface area contributed by atoms with Gasteiger partial charge in [0.05, 0.1) is 0 Å². The molecule has 2 saturated carbocycles. The lowest BCUT2D eigenvalue weighted by atomic mass is 9.87. The van der Waals surface area contributed by atoms with Gasteiger partial charge in [0.2, 0.25) is 0 Å². The molecule has 5 fully saturated rings. The predicted molar refractivity (Wildman–Crippen MR) is 34.0 cm³/mol. The van der Waals surface area contributed by atoms with Crippen LogP contribution in [-0.4, -0.2) is 23.5 Å². The van der Waals surface area contributed by atoms with Crippen LogP contribution in [0.5, 0.6) is 0 Å². The summed E-state index contributed by atoms with van der Waals surface area (Å²) in [4.78, 5) is 2.77. The van der Waals surface area contributed by atoms with E-state index < -0.39 is 0 Å². The fourth-order valence-electron chi connectivity index (χ4n) is 4.15. The van der Waals surface area contributed by atoms with E-state index in [4.69, 9.17) is 0 Å². The number of nitrogens with zero attached hydrogens (tertiary/aromatic N) is 1. The van der Waals surface area contributed by atoms with Gasteiger partial charge >= 0.3 is 0 Å². The number of hydrogen-bond acceptors (Lipinski definition) is 1. The van der Waals surface area contributed by atoms with Crippen LogP contribution in [0.3, 0.4) is 0 Å². The molecule has 0 aromatic carbocycles. The summed E-state index contributed by atoms with van der Waals surface area (Å²) in [6, 6.07) is 2.20. The Hall–Kier alpha value is -0.0400. The van der Waals surface area contributed by atoms with Crippen molar-refractivity contribution in [1.82, 2.24) is 4.90 Å². The van der Waals surface area contributed by atoms with E-state index in [1.54, 1.807) is 12.8 Å². The minimum atomic E-state index is 1.09. The van der Waals surface area contributed by atoms with E-state index in [1.807, 2.05) is 0 Å². The highest BCUT2D eigenvalue weighted by Gasteiger charge is 2.70. The quantitative estimate of drug-likeness (QED) is 0.456. The van der Waals surface area contributed by atoms with Crippen molar-refractivity contribution in [2.45, 2.75) is 24.9 Å². The summed E-state index contributed by atoms with van der Waals surface area (Å²) in [5, 5.41) is 0. The maximum absolute atomic E-state index is 2.77. The topological polar surface area (TPSA) is 3.24 Å². The molecule has 5 rings (SSSR count). The maximum Gasteiger partial charge on any atom is 0.0171 e. The number of piperidine rings is 1. The van der Waals surface area contributed by atoms with Gasteiger partial charge in [-0.15, -0.1) is 0 Å². The molecule has 1 nitrogen and oxygen atoms in total. The Morgan fingerprint density at radius 2 is 2.11 bits per heavy atom. The number of rotatable bonds is 0. The van der Waals surface area contributed by atoms with Crippen LogP contribution in [0, 0.1) is 17.8 Å². The smallest absolute Gasteiger partial charge is 0.0171 e. The molecule has 0 aromatic heterocycles. The first-order chi connectivity index (χ1) is 4.45. The van der Waals surface area contributed by atoms with E-state index in [1.165, 1.54) is 24.3 Å². The van der Waals surface area contributed by atoms with Crippen LogP contribution in [0.15, 0.2) is 0 Å². The zero-order chi connectivity index (χ0) is 5.59. The fraction of sp³-hybridized carbons (Fsp3) is 1.00. The third-order valence-corrected chi connectivity index (χ3v) is 4.32. The van der Waals surface area contributed by atoms with Crippen LogP contribution in [-0.2, 0) is 0 Å². The normalized spacial score (nSPS) is 80.0. The molecule has 9 heavy (non-hydrogen) atoms. The second-order valence-corrected chi connectivity index (χ2v) is 4.31. The highest BCUT2D eigenvalue weighted by Crippen LogP contribution is 2.66. The molecular formula is C8H11N. The van der Waals surface area contributed by atoms with Gasteiger partial charge in [-0.2, -0.15) is 0 Å². The van der Waals surface area contributed by atoms with Gasteiger partial charge in [0.25, 0.3) is 0 Å². The second kappa shape index (κ2) is 0.878. The Labute approximate surface area is 55.0 Å². The van der Waals surface area contributed by atoms with Crippen LogP contribution in [0.1, 0.15) is 12.8 Å². The van der Waals surface area contributed by atoms with Gasteiger partial charge in [-0.1, -0.05) is 0 Å². The minimum Gasteiger partial charge on any atom is -0.296 e. The molecule has 1 unspecified atom stereocenters. The molecule has 3 saturated heterocycles. The Morgan fingerprint density at radius 3 is 2.56 bits per heavy atom. The van der Waals surface area contributed by atoms with Crippen LogP contribution >= 0.6 is 0 Å². The van der Waals surface area contributed by atoms with Crippen molar-refractivity contribution < 1.29 is 0 Å². The second-order valence-electron chi connectivity index (χ2n) is 4.31. The molecule has 2 aliphatic carbocycles. The maximum atomic E-state index is 2.77. The van der Waals surface area contributed by atoms with Gasteiger partial charge in [-0.3, -0.25) is 4.90 Å². The van der Waals surface area contributed by atoms with E-state index in [0.717, 1.165) is 12.1 Å². The van der Waals surface area contributed by atoms with Crippen molar-refractivity contribution in [3.05, 3.63) is 0 Å². The van der Waals surface area contributed by atoms with Gasteiger partial charge in [-0.25, -0.2) is 0 Å². The molecule has 6 atom stereocenters. The van der Waals surface area contributed by atoms with Crippen molar-refractivity contribution in [3.8, 4) is 0 Å². The van der Waals surface area contributed by atoms with Gasteiger partial charge in [0.15, 0.2) is 0 Å². The Bertz CT molecular complexity index is 164. The van der Waals surface area contributed by atoms with E-state index in [-0.39, 0.29) is 0 Å². The summed E-state index contributed by atoms with van der Waals surface area (Å²) in [7, 11) is 0. The predicted octanol–water partition coefficient (Wildman–Crippen LogP) is 0.709. The molecule has 0 spiro atoms. The lowest BCUT2D eigenvalue weighted by Gasteiger charge is -2.36. The molecule has 3 aliphatic heterocycles. The first kappa shape index (κ1) is 3.97. The Morgan fingerprint density at radius 1 is 1.11 bits per heavy atom. The first-order valence-electron chi connectivity index (χ1n) is 4.21. The highest BCUT2D eigenvalue weighted by atomic mass is 15.3. The van der Waals surface area contributed by atoms with Crippen LogP contribution < -0.4 is 0 Å². The largest absolute Gasteiger partial charge is 0.296 e. The van der Waals surface area contributed by atoms with Crippen LogP contribution in [0.25, 0.3) is 0 Å². The van der Waals surface area contributed by atoms with E-state index in [2.05, 4.69) is 4.90 Å². The van der Waals surface area contributed by atoms with Crippen molar-refractivity contribution in [2.24, 2.45) is 17.8 Å². The van der Waals surface area contributed by atoms with Gasteiger partial charge in [0.1, 0.15) is 0 Å². The first-order valence-corrected chi connectivity index (χ1v) is 4.21.